The predicted molar refractivity (Wildman–Crippen MR) is 94.6 cm³/mol. The Kier molecular flexibility index (Phi) is 4.41. The Morgan fingerprint density at radius 3 is 2.64 bits per heavy atom. The minimum Gasteiger partial charge on any atom is -0.348 e. The molecule has 128 valence electrons. The second-order valence-electron chi connectivity index (χ2n) is 6.52. The van der Waals surface area contributed by atoms with Crippen LogP contribution in [-0.2, 0) is 11.3 Å². The summed E-state index contributed by atoms with van der Waals surface area (Å²) in [6.07, 6.45) is 5.51. The maximum atomic E-state index is 12.3. The van der Waals surface area contributed by atoms with E-state index < -0.39 is 0 Å². The van der Waals surface area contributed by atoms with E-state index in [1.807, 2.05) is 42.5 Å². The lowest BCUT2D eigenvalue weighted by Crippen LogP contribution is -2.32. The second kappa shape index (κ2) is 7.01. The molecule has 1 aliphatic carbocycles. The summed E-state index contributed by atoms with van der Waals surface area (Å²) in [6, 6.07) is 13.8. The summed E-state index contributed by atoms with van der Waals surface area (Å²) >= 11 is 0. The highest BCUT2D eigenvalue weighted by atomic mass is 16.1. The lowest BCUT2D eigenvalue weighted by atomic mass is 9.89. The van der Waals surface area contributed by atoms with Crippen LogP contribution in [0.5, 0.6) is 0 Å². The highest BCUT2D eigenvalue weighted by Crippen LogP contribution is 2.23. The third-order valence-electron chi connectivity index (χ3n) is 4.79. The maximum Gasteiger partial charge on any atom is 0.223 e. The van der Waals surface area contributed by atoms with E-state index in [9.17, 15) is 4.79 Å². The average molecular weight is 335 g/mol. The molecule has 1 N–H and O–H groups in total. The zero-order valence-corrected chi connectivity index (χ0v) is 14.1. The zero-order valence-electron chi connectivity index (χ0n) is 14.1. The fourth-order valence-corrected chi connectivity index (χ4v) is 3.38. The van der Waals surface area contributed by atoms with Crippen LogP contribution in [0.2, 0.25) is 0 Å². The van der Waals surface area contributed by atoms with Crippen LogP contribution in [-0.4, -0.2) is 25.7 Å². The van der Waals surface area contributed by atoms with Crippen molar-refractivity contribution in [2.45, 2.75) is 38.6 Å². The lowest BCUT2D eigenvalue weighted by Gasteiger charge is -2.20. The van der Waals surface area contributed by atoms with Crippen molar-refractivity contribution in [3.05, 3.63) is 48.3 Å². The molecule has 0 saturated heterocycles. The fraction of sp³-hybridized carbons (Fsp3) is 0.368. The first-order valence-electron chi connectivity index (χ1n) is 8.86. The summed E-state index contributed by atoms with van der Waals surface area (Å²) in [6.45, 7) is 0.349. The van der Waals surface area contributed by atoms with Gasteiger partial charge in [0, 0.05) is 11.5 Å². The molecule has 6 heteroatoms. The monoisotopic (exact) mass is 335 g/mol. The highest BCUT2D eigenvalue weighted by Gasteiger charge is 2.21. The van der Waals surface area contributed by atoms with Gasteiger partial charge in [0.25, 0.3) is 0 Å². The molecule has 0 spiro atoms. The maximum absolute atomic E-state index is 12.3. The van der Waals surface area contributed by atoms with Gasteiger partial charge in [-0.1, -0.05) is 49.6 Å². The van der Waals surface area contributed by atoms with Crippen LogP contribution in [0.15, 0.2) is 42.5 Å². The van der Waals surface area contributed by atoms with Crippen molar-refractivity contribution >= 4 is 11.6 Å². The van der Waals surface area contributed by atoms with Gasteiger partial charge >= 0.3 is 0 Å². The van der Waals surface area contributed by atoms with Crippen molar-refractivity contribution in [2.24, 2.45) is 5.92 Å². The minimum absolute atomic E-state index is 0.121. The van der Waals surface area contributed by atoms with Gasteiger partial charge in [0.1, 0.15) is 0 Å². The molecule has 1 saturated carbocycles. The molecule has 1 fully saturated rings. The first-order valence-corrected chi connectivity index (χ1v) is 8.86. The first-order chi connectivity index (χ1) is 12.3. The molecule has 2 aromatic heterocycles. The van der Waals surface area contributed by atoms with E-state index in [1.54, 1.807) is 4.52 Å². The van der Waals surface area contributed by atoms with E-state index >= 15 is 0 Å². The summed E-state index contributed by atoms with van der Waals surface area (Å²) in [4.78, 5) is 12.3. The largest absolute Gasteiger partial charge is 0.348 e. The lowest BCUT2D eigenvalue weighted by molar-refractivity contribution is -0.126. The van der Waals surface area contributed by atoms with Gasteiger partial charge in [-0.25, -0.2) is 0 Å². The quantitative estimate of drug-likeness (QED) is 0.795. The number of benzene rings is 1. The molecule has 4 rings (SSSR count). The summed E-state index contributed by atoms with van der Waals surface area (Å²) in [5, 5.41) is 16.0. The minimum atomic E-state index is 0.121. The van der Waals surface area contributed by atoms with Crippen molar-refractivity contribution in [3.8, 4) is 11.3 Å². The molecule has 0 radical (unpaired) electrons. The van der Waals surface area contributed by atoms with Gasteiger partial charge in [0.15, 0.2) is 11.5 Å². The topological polar surface area (TPSA) is 72.2 Å². The van der Waals surface area contributed by atoms with Crippen LogP contribution >= 0.6 is 0 Å². The molecule has 1 aromatic carbocycles. The van der Waals surface area contributed by atoms with E-state index in [0.717, 1.165) is 36.9 Å². The number of fused-ring (bicyclic) bond motifs is 1. The van der Waals surface area contributed by atoms with Crippen LogP contribution in [0.3, 0.4) is 0 Å². The molecule has 1 aliphatic rings. The number of rotatable bonds is 4. The Morgan fingerprint density at radius 1 is 1.04 bits per heavy atom. The predicted octanol–water partition coefficient (Wildman–Crippen LogP) is 2.99. The van der Waals surface area contributed by atoms with Crippen molar-refractivity contribution in [1.29, 1.82) is 0 Å². The molecule has 6 nitrogen and oxygen atoms in total. The summed E-state index contributed by atoms with van der Waals surface area (Å²) < 4.78 is 1.71. The van der Waals surface area contributed by atoms with Gasteiger partial charge in [-0.2, -0.15) is 9.61 Å². The van der Waals surface area contributed by atoms with Crippen LogP contribution in [0.1, 0.15) is 37.9 Å². The van der Waals surface area contributed by atoms with E-state index in [-0.39, 0.29) is 11.8 Å². The average Bonchev–Trinajstić information content (AvgIpc) is 3.10. The van der Waals surface area contributed by atoms with E-state index in [4.69, 9.17) is 0 Å². The molecule has 1 amide bonds. The molecular weight excluding hydrogens is 314 g/mol. The summed E-state index contributed by atoms with van der Waals surface area (Å²) in [7, 11) is 0. The number of carbonyl (C=O) groups is 1. The van der Waals surface area contributed by atoms with Crippen molar-refractivity contribution in [2.75, 3.05) is 0 Å². The van der Waals surface area contributed by atoms with E-state index in [0.29, 0.717) is 18.0 Å². The van der Waals surface area contributed by atoms with Gasteiger partial charge in [0.2, 0.25) is 5.91 Å². The van der Waals surface area contributed by atoms with Crippen LogP contribution in [0.25, 0.3) is 16.9 Å². The number of carbonyl (C=O) groups excluding carboxylic acids is 1. The standard InChI is InChI=1S/C19H21N5O/c25-19(15-9-5-2-6-10-15)20-13-18-22-21-17-12-11-16(23-24(17)18)14-7-3-1-4-8-14/h1,3-4,7-8,11-12,15H,2,5-6,9-10,13H2,(H,20,25). The molecule has 3 aromatic rings. The van der Waals surface area contributed by atoms with Gasteiger partial charge in [-0.05, 0) is 25.0 Å². The van der Waals surface area contributed by atoms with Crippen molar-refractivity contribution in [1.82, 2.24) is 25.1 Å². The molecule has 0 unspecified atom stereocenters. The summed E-state index contributed by atoms with van der Waals surface area (Å²) in [5.74, 6) is 0.911. The van der Waals surface area contributed by atoms with Gasteiger partial charge < -0.3 is 5.32 Å². The van der Waals surface area contributed by atoms with Gasteiger partial charge in [0.05, 0.1) is 12.2 Å². The third kappa shape index (κ3) is 3.38. The van der Waals surface area contributed by atoms with Gasteiger partial charge in [-0.3, -0.25) is 4.79 Å². The molecule has 0 bridgehead atoms. The first kappa shape index (κ1) is 15.7. The van der Waals surface area contributed by atoms with E-state index in [2.05, 4.69) is 20.6 Å². The van der Waals surface area contributed by atoms with Crippen molar-refractivity contribution in [3.63, 3.8) is 0 Å². The zero-order chi connectivity index (χ0) is 17.1. The Hall–Kier alpha value is -2.76. The van der Waals surface area contributed by atoms with Crippen LogP contribution < -0.4 is 5.32 Å². The molecule has 25 heavy (non-hydrogen) atoms. The molecule has 0 aliphatic heterocycles. The third-order valence-corrected chi connectivity index (χ3v) is 4.79. The van der Waals surface area contributed by atoms with E-state index in [1.165, 1.54) is 6.42 Å². The Balaban J connectivity index is 1.52. The number of aromatic nitrogens is 4. The van der Waals surface area contributed by atoms with Gasteiger partial charge in [-0.15, -0.1) is 10.2 Å². The van der Waals surface area contributed by atoms with Crippen LogP contribution in [0.4, 0.5) is 0 Å². The number of amides is 1. The number of hydrogen-bond acceptors (Lipinski definition) is 4. The molecule has 0 atom stereocenters. The Labute approximate surface area is 146 Å². The number of hydrogen-bond donors (Lipinski definition) is 1. The number of nitrogens with one attached hydrogen (secondary N) is 1. The summed E-state index contributed by atoms with van der Waals surface area (Å²) in [5.41, 5.74) is 2.57. The highest BCUT2D eigenvalue weighted by molar-refractivity contribution is 5.78. The smallest absolute Gasteiger partial charge is 0.223 e. The second-order valence-corrected chi connectivity index (χ2v) is 6.52. The Bertz CT molecular complexity index is 868. The number of nitrogens with zero attached hydrogens (tertiary/aromatic N) is 4. The fourth-order valence-electron chi connectivity index (χ4n) is 3.38. The molecular formula is C19H21N5O. The Morgan fingerprint density at radius 2 is 1.84 bits per heavy atom. The SMILES string of the molecule is O=C(NCc1nnc2ccc(-c3ccccc3)nn12)C1CCCCC1. The normalized spacial score (nSPS) is 15.4. The van der Waals surface area contributed by atoms with Crippen LogP contribution in [0, 0.1) is 5.92 Å². The van der Waals surface area contributed by atoms with Crippen molar-refractivity contribution < 1.29 is 4.79 Å². The molecule has 2 heterocycles.